The number of hydrogen-bond acceptors (Lipinski definition) is 4. The third-order valence-electron chi connectivity index (χ3n) is 3.44. The Hall–Kier alpha value is -1.17. The quantitative estimate of drug-likeness (QED) is 0.815. The number of hydrogen-bond donors (Lipinski definition) is 2. The summed E-state index contributed by atoms with van der Waals surface area (Å²) in [6, 6.07) is 6.29. The lowest BCUT2D eigenvalue weighted by Gasteiger charge is -2.40. The largest absolute Gasteiger partial charge is 0.394 e. The van der Waals surface area contributed by atoms with E-state index in [2.05, 4.69) is 17.9 Å². The molecule has 0 spiro atoms. The van der Waals surface area contributed by atoms with E-state index < -0.39 is 0 Å². The van der Waals surface area contributed by atoms with Gasteiger partial charge in [-0.15, -0.1) is 0 Å². The smallest absolute Gasteiger partial charge is 0.106 e. The van der Waals surface area contributed by atoms with Crippen molar-refractivity contribution in [3.63, 3.8) is 0 Å². The molecule has 2 atom stereocenters. The molecule has 4 nitrogen and oxygen atoms in total. The molecule has 104 valence electrons. The van der Waals surface area contributed by atoms with Crippen molar-refractivity contribution in [3.05, 3.63) is 29.3 Å². The molecule has 1 saturated heterocycles. The first kappa shape index (κ1) is 14.2. The lowest BCUT2D eigenvalue weighted by molar-refractivity contribution is -0.0103. The zero-order chi connectivity index (χ0) is 14.0. The monoisotopic (exact) mass is 280 g/mol. The van der Waals surface area contributed by atoms with E-state index in [9.17, 15) is 5.11 Å². The summed E-state index contributed by atoms with van der Waals surface area (Å²) in [5, 5.41) is 9.27. The van der Waals surface area contributed by atoms with Crippen LogP contribution in [0.5, 0.6) is 0 Å². The molecule has 0 bridgehead atoms. The molecule has 2 rings (SSSR count). The van der Waals surface area contributed by atoms with Crippen molar-refractivity contribution in [1.82, 2.24) is 0 Å². The summed E-state index contributed by atoms with van der Waals surface area (Å²) < 4.78 is 5.57. The standard InChI is InChI=1S/C14H20N2O2S/c1-9-3-4-12(14(15)19)13(5-9)16-6-11(7-17)18-8-10(16)2/h3-5,10-11,17H,6-8H2,1-2H3,(H2,15,19). The highest BCUT2D eigenvalue weighted by atomic mass is 32.1. The van der Waals surface area contributed by atoms with Crippen LogP contribution in [-0.2, 0) is 4.74 Å². The van der Waals surface area contributed by atoms with Gasteiger partial charge in [0.05, 0.1) is 19.3 Å². The molecular weight excluding hydrogens is 260 g/mol. The van der Waals surface area contributed by atoms with E-state index in [0.717, 1.165) is 16.8 Å². The van der Waals surface area contributed by atoms with Gasteiger partial charge in [-0.1, -0.05) is 18.3 Å². The third kappa shape index (κ3) is 3.05. The SMILES string of the molecule is Cc1ccc(C(N)=S)c(N2CC(CO)OCC2C)c1. The van der Waals surface area contributed by atoms with Crippen LogP contribution in [-0.4, -0.2) is 42.0 Å². The Labute approximate surface area is 119 Å². The van der Waals surface area contributed by atoms with Gasteiger partial charge in [0.1, 0.15) is 4.99 Å². The first-order chi connectivity index (χ1) is 9.02. The molecule has 0 saturated carbocycles. The first-order valence-electron chi connectivity index (χ1n) is 6.42. The molecule has 0 aliphatic carbocycles. The highest BCUT2D eigenvalue weighted by Crippen LogP contribution is 2.27. The van der Waals surface area contributed by atoms with E-state index in [1.165, 1.54) is 0 Å². The number of aryl methyl sites for hydroxylation is 1. The summed E-state index contributed by atoms with van der Waals surface area (Å²) in [6.45, 7) is 5.41. The van der Waals surface area contributed by atoms with Crippen LogP contribution in [0, 0.1) is 6.92 Å². The van der Waals surface area contributed by atoms with E-state index in [1.807, 2.05) is 19.1 Å². The Kier molecular flexibility index (Phi) is 4.39. The predicted molar refractivity (Wildman–Crippen MR) is 80.7 cm³/mol. The fourth-order valence-corrected chi connectivity index (χ4v) is 2.52. The second kappa shape index (κ2) is 5.86. The van der Waals surface area contributed by atoms with Crippen LogP contribution in [0.2, 0.25) is 0 Å². The maximum Gasteiger partial charge on any atom is 0.106 e. The van der Waals surface area contributed by atoms with E-state index in [4.69, 9.17) is 22.7 Å². The van der Waals surface area contributed by atoms with Gasteiger partial charge in [0.2, 0.25) is 0 Å². The maximum atomic E-state index is 9.27. The summed E-state index contributed by atoms with van der Waals surface area (Å²) in [5.74, 6) is 0. The van der Waals surface area contributed by atoms with Gasteiger partial charge < -0.3 is 20.5 Å². The fourth-order valence-electron chi connectivity index (χ4n) is 2.35. The molecule has 1 fully saturated rings. The zero-order valence-corrected chi connectivity index (χ0v) is 12.1. The average molecular weight is 280 g/mol. The van der Waals surface area contributed by atoms with E-state index in [-0.39, 0.29) is 18.8 Å². The lowest BCUT2D eigenvalue weighted by atomic mass is 10.1. The van der Waals surface area contributed by atoms with E-state index >= 15 is 0 Å². The molecule has 1 heterocycles. The molecule has 1 aliphatic heterocycles. The Morgan fingerprint density at radius 3 is 2.95 bits per heavy atom. The van der Waals surface area contributed by atoms with Gasteiger partial charge in [0.15, 0.2) is 0 Å². The number of rotatable bonds is 3. The van der Waals surface area contributed by atoms with Crippen molar-refractivity contribution in [2.75, 3.05) is 24.7 Å². The second-order valence-corrected chi connectivity index (χ2v) is 5.46. The van der Waals surface area contributed by atoms with Gasteiger partial charge in [0.25, 0.3) is 0 Å². The van der Waals surface area contributed by atoms with Crippen molar-refractivity contribution in [2.45, 2.75) is 26.0 Å². The molecule has 1 aromatic carbocycles. The number of nitrogens with zero attached hydrogens (tertiary/aromatic N) is 1. The second-order valence-electron chi connectivity index (χ2n) is 5.02. The number of aliphatic hydroxyl groups is 1. The molecule has 2 unspecified atom stereocenters. The molecule has 1 aliphatic rings. The highest BCUT2D eigenvalue weighted by Gasteiger charge is 2.27. The molecule has 3 N–H and O–H groups in total. The molecule has 0 aromatic heterocycles. The number of ether oxygens (including phenoxy) is 1. The normalized spacial score (nSPS) is 23.4. The number of thiocarbonyl (C=S) groups is 1. The molecular formula is C14H20N2O2S. The van der Waals surface area contributed by atoms with Crippen molar-refractivity contribution >= 4 is 22.9 Å². The summed E-state index contributed by atoms with van der Waals surface area (Å²) in [5.41, 5.74) is 8.88. The molecule has 5 heteroatoms. The number of aliphatic hydroxyl groups excluding tert-OH is 1. The Bertz CT molecular complexity index is 479. The first-order valence-corrected chi connectivity index (χ1v) is 6.83. The Morgan fingerprint density at radius 2 is 2.32 bits per heavy atom. The van der Waals surface area contributed by atoms with Gasteiger partial charge in [-0.2, -0.15) is 0 Å². The minimum Gasteiger partial charge on any atom is -0.394 e. The summed E-state index contributed by atoms with van der Waals surface area (Å²) in [7, 11) is 0. The summed E-state index contributed by atoms with van der Waals surface area (Å²) in [6.07, 6.45) is -0.157. The maximum absolute atomic E-state index is 9.27. The third-order valence-corrected chi connectivity index (χ3v) is 3.66. The van der Waals surface area contributed by atoms with Crippen LogP contribution in [0.25, 0.3) is 0 Å². The topological polar surface area (TPSA) is 58.7 Å². The van der Waals surface area contributed by atoms with Crippen molar-refractivity contribution in [3.8, 4) is 0 Å². The van der Waals surface area contributed by atoms with Gasteiger partial charge in [-0.3, -0.25) is 0 Å². The van der Waals surface area contributed by atoms with Crippen molar-refractivity contribution in [2.24, 2.45) is 5.73 Å². The number of benzene rings is 1. The molecule has 0 amide bonds. The van der Waals surface area contributed by atoms with Crippen molar-refractivity contribution < 1.29 is 9.84 Å². The van der Waals surface area contributed by atoms with Crippen LogP contribution in [0.1, 0.15) is 18.1 Å². The van der Waals surface area contributed by atoms with E-state index in [1.54, 1.807) is 0 Å². The minimum absolute atomic E-state index is 0.0252. The number of morpholine rings is 1. The summed E-state index contributed by atoms with van der Waals surface area (Å²) in [4.78, 5) is 2.61. The number of nitrogens with two attached hydrogens (primary N) is 1. The molecule has 0 radical (unpaired) electrons. The predicted octanol–water partition coefficient (Wildman–Crippen LogP) is 1.22. The minimum atomic E-state index is -0.157. The van der Waals surface area contributed by atoms with E-state index in [0.29, 0.717) is 18.1 Å². The molecule has 19 heavy (non-hydrogen) atoms. The van der Waals surface area contributed by atoms with Gasteiger partial charge in [-0.25, -0.2) is 0 Å². The average Bonchev–Trinajstić information content (AvgIpc) is 2.38. The van der Waals surface area contributed by atoms with Gasteiger partial charge in [-0.05, 0) is 31.5 Å². The van der Waals surface area contributed by atoms with Crippen LogP contribution >= 0.6 is 12.2 Å². The fraction of sp³-hybridized carbons (Fsp3) is 0.500. The van der Waals surface area contributed by atoms with Gasteiger partial charge in [0, 0.05) is 23.8 Å². The highest BCUT2D eigenvalue weighted by molar-refractivity contribution is 7.80. The molecule has 1 aromatic rings. The van der Waals surface area contributed by atoms with Gasteiger partial charge >= 0.3 is 0 Å². The van der Waals surface area contributed by atoms with Crippen LogP contribution in [0.3, 0.4) is 0 Å². The van der Waals surface area contributed by atoms with Crippen LogP contribution < -0.4 is 10.6 Å². The number of anilines is 1. The van der Waals surface area contributed by atoms with Crippen LogP contribution in [0.15, 0.2) is 18.2 Å². The van der Waals surface area contributed by atoms with Crippen molar-refractivity contribution in [1.29, 1.82) is 0 Å². The lowest BCUT2D eigenvalue weighted by Crippen LogP contribution is -2.50. The summed E-state index contributed by atoms with van der Waals surface area (Å²) >= 11 is 5.13. The zero-order valence-electron chi connectivity index (χ0n) is 11.3. The Morgan fingerprint density at radius 1 is 1.58 bits per heavy atom. The van der Waals surface area contributed by atoms with Crippen LogP contribution in [0.4, 0.5) is 5.69 Å². The Balaban J connectivity index is 2.38.